The summed E-state index contributed by atoms with van der Waals surface area (Å²) in [6.45, 7) is 6.49. The van der Waals surface area contributed by atoms with E-state index in [9.17, 15) is 19.8 Å². The molecule has 0 amide bonds. The van der Waals surface area contributed by atoms with Crippen LogP contribution < -0.4 is 0 Å². The van der Waals surface area contributed by atoms with Gasteiger partial charge in [-0.2, -0.15) is 0 Å². The minimum absolute atomic E-state index is 0.128. The maximum absolute atomic E-state index is 11.8. The van der Waals surface area contributed by atoms with Crippen molar-refractivity contribution in [1.29, 1.82) is 0 Å². The predicted octanol–water partition coefficient (Wildman–Crippen LogP) is 0.0957. The molecular weight excluding hydrogens is 356 g/mol. The molecule has 8 heteroatoms. The van der Waals surface area contributed by atoms with Gasteiger partial charge in [0.1, 0.15) is 30.5 Å². The molecule has 3 fully saturated rings. The van der Waals surface area contributed by atoms with E-state index in [4.69, 9.17) is 18.9 Å². The smallest absolute Gasteiger partial charge is 0.303 e. The second-order valence-corrected chi connectivity index (χ2v) is 8.43. The Bertz CT molecular complexity index is 712. The highest BCUT2D eigenvalue weighted by Gasteiger charge is 2.87. The number of aliphatic hydroxyl groups excluding tert-OH is 2. The summed E-state index contributed by atoms with van der Waals surface area (Å²) in [6.07, 6.45) is -2.04. The molecule has 2 bridgehead atoms. The van der Waals surface area contributed by atoms with Crippen LogP contribution in [0.5, 0.6) is 0 Å². The molecule has 2 heterocycles. The third kappa shape index (κ3) is 2.18. The van der Waals surface area contributed by atoms with Crippen molar-refractivity contribution in [2.45, 2.75) is 70.2 Å². The van der Waals surface area contributed by atoms with E-state index in [1.165, 1.54) is 13.8 Å². The van der Waals surface area contributed by atoms with Gasteiger partial charge in [0.2, 0.25) is 0 Å². The summed E-state index contributed by atoms with van der Waals surface area (Å²) in [5.41, 5.74) is -2.09. The van der Waals surface area contributed by atoms with Crippen molar-refractivity contribution < 1.29 is 38.7 Å². The second-order valence-electron chi connectivity index (χ2n) is 8.43. The maximum atomic E-state index is 11.8. The van der Waals surface area contributed by atoms with E-state index in [0.717, 1.165) is 5.57 Å². The third-order valence-electron chi connectivity index (χ3n) is 7.10. The monoisotopic (exact) mass is 382 g/mol. The van der Waals surface area contributed by atoms with E-state index in [-0.39, 0.29) is 6.61 Å². The summed E-state index contributed by atoms with van der Waals surface area (Å²) < 4.78 is 23.0. The first-order chi connectivity index (χ1) is 12.6. The molecule has 8 nitrogen and oxygen atoms in total. The number of rotatable bonds is 3. The number of aliphatic hydroxyl groups is 2. The van der Waals surface area contributed by atoms with Gasteiger partial charge in [-0.05, 0) is 13.3 Å². The molecule has 1 saturated carbocycles. The normalized spacial score (nSPS) is 50.0. The van der Waals surface area contributed by atoms with Crippen LogP contribution in [-0.2, 0) is 28.5 Å². The maximum Gasteiger partial charge on any atom is 0.303 e. The fourth-order valence-electron chi connectivity index (χ4n) is 5.73. The van der Waals surface area contributed by atoms with Gasteiger partial charge in [0.05, 0.1) is 29.6 Å². The minimum atomic E-state index is -1.12. The SMILES string of the molecule is CC(=O)OC[C@]12[C@H](O)CC(C)=C[C@H]1O[C@@H]1[C@H](O)[C@@H](OC(C)=O)[C@@]2(C)[C@]12CO2. The van der Waals surface area contributed by atoms with E-state index in [0.29, 0.717) is 13.0 Å². The lowest BCUT2D eigenvalue weighted by Crippen LogP contribution is -2.71. The van der Waals surface area contributed by atoms with Gasteiger partial charge < -0.3 is 29.2 Å². The van der Waals surface area contributed by atoms with Crippen LogP contribution in [0.25, 0.3) is 0 Å². The second kappa shape index (κ2) is 5.76. The number of epoxide rings is 1. The first kappa shape index (κ1) is 18.9. The molecule has 150 valence electrons. The zero-order valence-electron chi connectivity index (χ0n) is 15.9. The van der Waals surface area contributed by atoms with Crippen LogP contribution in [0.3, 0.4) is 0 Å². The Labute approximate surface area is 157 Å². The summed E-state index contributed by atoms with van der Waals surface area (Å²) in [6, 6.07) is 0. The lowest BCUT2D eigenvalue weighted by Gasteiger charge is -2.59. The van der Waals surface area contributed by atoms with Crippen molar-refractivity contribution in [1.82, 2.24) is 0 Å². The zero-order chi connectivity index (χ0) is 19.8. The van der Waals surface area contributed by atoms with E-state index in [1.807, 2.05) is 19.9 Å². The minimum Gasteiger partial charge on any atom is -0.465 e. The lowest BCUT2D eigenvalue weighted by atomic mass is 9.50. The number of esters is 2. The van der Waals surface area contributed by atoms with Crippen LogP contribution in [0.4, 0.5) is 0 Å². The molecule has 0 unspecified atom stereocenters. The molecular formula is C19H26O8. The van der Waals surface area contributed by atoms with Crippen LogP contribution in [0.2, 0.25) is 0 Å². The Hall–Kier alpha value is -1.48. The fraction of sp³-hybridized carbons (Fsp3) is 0.789. The van der Waals surface area contributed by atoms with Gasteiger partial charge in [0, 0.05) is 13.8 Å². The van der Waals surface area contributed by atoms with Gasteiger partial charge in [0.15, 0.2) is 0 Å². The summed E-state index contributed by atoms with van der Waals surface area (Å²) in [5.74, 6) is -1.03. The number of ether oxygens (including phenoxy) is 4. The number of fused-ring (bicyclic) bond motifs is 2. The highest BCUT2D eigenvalue weighted by atomic mass is 16.7. The Morgan fingerprint density at radius 3 is 2.52 bits per heavy atom. The number of hydrogen-bond donors (Lipinski definition) is 2. The molecule has 0 aromatic carbocycles. The van der Waals surface area contributed by atoms with Crippen LogP contribution in [-0.4, -0.2) is 71.5 Å². The number of carbonyl (C=O) groups excluding carboxylic acids is 2. The molecule has 4 aliphatic rings. The molecule has 2 N–H and O–H groups in total. The molecule has 2 saturated heterocycles. The molecule has 0 radical (unpaired) electrons. The molecule has 0 aromatic rings. The average Bonchev–Trinajstić information content (AvgIpc) is 3.34. The van der Waals surface area contributed by atoms with E-state index < -0.39 is 58.9 Å². The summed E-state index contributed by atoms with van der Waals surface area (Å²) >= 11 is 0. The zero-order valence-corrected chi connectivity index (χ0v) is 15.9. The molecule has 2 aliphatic carbocycles. The standard InChI is InChI=1S/C19H26O8/c1-9-5-12(22)18(7-24-10(2)20)13(6-9)27-16-14(23)15(26-11(3)21)17(18,4)19(16)8-25-19/h6,12-16,22-23H,5,7-8H2,1-4H3/t12-,13-,14-,15-,16-,17-,18+,19+/m1/s1. The summed E-state index contributed by atoms with van der Waals surface area (Å²) in [7, 11) is 0. The van der Waals surface area contributed by atoms with Crippen molar-refractivity contribution in [3.05, 3.63) is 11.6 Å². The van der Waals surface area contributed by atoms with Crippen LogP contribution in [0.15, 0.2) is 11.6 Å². The van der Waals surface area contributed by atoms with E-state index >= 15 is 0 Å². The highest BCUT2D eigenvalue weighted by molar-refractivity contribution is 5.67. The molecule has 8 atom stereocenters. The van der Waals surface area contributed by atoms with Crippen molar-refractivity contribution in [3.63, 3.8) is 0 Å². The average molecular weight is 382 g/mol. The van der Waals surface area contributed by atoms with E-state index in [2.05, 4.69) is 0 Å². The fourth-order valence-corrected chi connectivity index (χ4v) is 5.73. The quantitative estimate of drug-likeness (QED) is 0.401. The van der Waals surface area contributed by atoms with Gasteiger partial charge >= 0.3 is 11.9 Å². The Morgan fingerprint density at radius 2 is 1.96 bits per heavy atom. The Morgan fingerprint density at radius 1 is 1.30 bits per heavy atom. The third-order valence-corrected chi connectivity index (χ3v) is 7.10. The molecule has 1 spiro atoms. The van der Waals surface area contributed by atoms with Gasteiger partial charge in [-0.3, -0.25) is 9.59 Å². The van der Waals surface area contributed by atoms with Crippen LogP contribution >= 0.6 is 0 Å². The van der Waals surface area contributed by atoms with Crippen LogP contribution in [0.1, 0.15) is 34.1 Å². The molecule has 27 heavy (non-hydrogen) atoms. The first-order valence-corrected chi connectivity index (χ1v) is 9.23. The number of hydrogen-bond acceptors (Lipinski definition) is 8. The van der Waals surface area contributed by atoms with Crippen molar-refractivity contribution in [2.24, 2.45) is 10.8 Å². The molecule has 2 aliphatic heterocycles. The van der Waals surface area contributed by atoms with Crippen molar-refractivity contribution >= 4 is 11.9 Å². The van der Waals surface area contributed by atoms with Gasteiger partial charge in [-0.1, -0.05) is 18.6 Å². The van der Waals surface area contributed by atoms with Gasteiger partial charge in [-0.25, -0.2) is 0 Å². The van der Waals surface area contributed by atoms with Crippen LogP contribution in [0, 0.1) is 10.8 Å². The van der Waals surface area contributed by atoms with Crippen molar-refractivity contribution in [3.8, 4) is 0 Å². The Balaban J connectivity index is 1.90. The molecule has 4 rings (SSSR count). The van der Waals surface area contributed by atoms with E-state index in [1.54, 1.807) is 0 Å². The topological polar surface area (TPSA) is 115 Å². The van der Waals surface area contributed by atoms with Gasteiger partial charge in [0.25, 0.3) is 0 Å². The predicted molar refractivity (Wildman–Crippen MR) is 90.5 cm³/mol. The summed E-state index contributed by atoms with van der Waals surface area (Å²) in [4.78, 5) is 23.4. The molecule has 0 aromatic heterocycles. The highest BCUT2D eigenvalue weighted by Crippen LogP contribution is 2.72. The summed E-state index contributed by atoms with van der Waals surface area (Å²) in [5, 5.41) is 22.2. The largest absolute Gasteiger partial charge is 0.465 e. The number of carbonyl (C=O) groups is 2. The van der Waals surface area contributed by atoms with Gasteiger partial charge in [-0.15, -0.1) is 0 Å². The Kier molecular flexibility index (Phi) is 4.03. The van der Waals surface area contributed by atoms with Crippen molar-refractivity contribution in [2.75, 3.05) is 13.2 Å². The lowest BCUT2D eigenvalue weighted by molar-refractivity contribution is -0.262. The first-order valence-electron chi connectivity index (χ1n) is 9.23.